The van der Waals surface area contributed by atoms with Crippen molar-refractivity contribution < 1.29 is 33.6 Å². The minimum absolute atomic E-state index is 0.0223. The van der Waals surface area contributed by atoms with Crippen molar-refractivity contribution in [3.05, 3.63) is 108 Å². The molecule has 3 aromatic rings. The van der Waals surface area contributed by atoms with E-state index in [2.05, 4.69) is 45.3 Å². The molecular weight excluding hydrogens is 611 g/mol. The Morgan fingerprint density at radius 1 is 0.851 bits per heavy atom. The zero-order chi connectivity index (χ0) is 34.7. The van der Waals surface area contributed by atoms with Crippen molar-refractivity contribution in [3.8, 4) is 11.5 Å². The monoisotopic (exact) mass is 662 g/mol. The van der Waals surface area contributed by atoms with Crippen LogP contribution < -0.4 is 15.2 Å². The molecule has 0 aliphatic carbocycles. The Balaban J connectivity index is 2.20. The first kappa shape index (κ1) is 38.0. The van der Waals surface area contributed by atoms with Crippen molar-refractivity contribution in [2.24, 2.45) is 11.8 Å². The van der Waals surface area contributed by atoms with E-state index in [0.717, 1.165) is 28.2 Å². The van der Waals surface area contributed by atoms with Gasteiger partial charge in [-0.2, -0.15) is 0 Å². The highest BCUT2D eigenvalue weighted by atomic mass is 28.4. The summed E-state index contributed by atoms with van der Waals surface area (Å²) >= 11 is 0. The Morgan fingerprint density at radius 3 is 1.81 bits per heavy atom. The molecule has 1 radical (unpaired) electrons. The fourth-order valence-corrected chi connectivity index (χ4v) is 6.52. The lowest BCUT2D eigenvalue weighted by Crippen LogP contribution is -2.44. The van der Waals surface area contributed by atoms with Gasteiger partial charge in [-0.05, 0) is 71.9 Å². The average molecular weight is 663 g/mol. The van der Waals surface area contributed by atoms with Gasteiger partial charge in [-0.25, -0.2) is 5.26 Å². The molecule has 0 aliphatic rings. The summed E-state index contributed by atoms with van der Waals surface area (Å²) < 4.78 is 25.0. The third kappa shape index (κ3) is 9.55. The lowest BCUT2D eigenvalue weighted by atomic mass is 9.79. The number of carbonyl (C=O) groups excluding carboxylic acids is 1. The van der Waals surface area contributed by atoms with Crippen LogP contribution in [0.5, 0.6) is 11.5 Å². The number of nitrogens with one attached hydrogen (secondary N) is 1. The van der Waals surface area contributed by atoms with E-state index < -0.39 is 19.8 Å². The van der Waals surface area contributed by atoms with Gasteiger partial charge in [-0.3, -0.25) is 10.5 Å². The summed E-state index contributed by atoms with van der Waals surface area (Å²) in [6.07, 6.45) is 0.857. The predicted octanol–water partition coefficient (Wildman–Crippen LogP) is 8.29. The maximum absolute atomic E-state index is 13.8. The van der Waals surface area contributed by atoms with Crippen molar-refractivity contribution in [3.63, 3.8) is 0 Å². The van der Waals surface area contributed by atoms with Crippen LogP contribution in [0.2, 0.25) is 18.1 Å². The zero-order valence-electron chi connectivity index (χ0n) is 29.0. The topological polar surface area (TPSA) is 107 Å². The molecule has 0 amide bonds. The van der Waals surface area contributed by atoms with Crippen molar-refractivity contribution in [2.75, 3.05) is 34.0 Å². The van der Waals surface area contributed by atoms with Gasteiger partial charge in [0.05, 0.1) is 27.2 Å². The van der Waals surface area contributed by atoms with E-state index in [1.54, 1.807) is 14.2 Å². The minimum atomic E-state index is -2.22. The molecule has 2 unspecified atom stereocenters. The SMILES string of the molecule is C=C(CC(=O)C(CCC[NH])C(COC(c1ccccc1)(c1ccc(OC)cc1)c1ccc(OC)cc1)CO[Si](C)(C)C(C)(C)C)OO. The maximum atomic E-state index is 13.8. The molecule has 47 heavy (non-hydrogen) atoms. The van der Waals surface area contributed by atoms with E-state index in [1.165, 1.54) is 0 Å². The molecular formula is C38H52NO7Si. The van der Waals surface area contributed by atoms with Gasteiger partial charge in [0.25, 0.3) is 0 Å². The maximum Gasteiger partial charge on any atom is 0.191 e. The Morgan fingerprint density at radius 2 is 1.36 bits per heavy atom. The lowest BCUT2D eigenvalue weighted by Gasteiger charge is -2.40. The Labute approximate surface area is 281 Å². The van der Waals surface area contributed by atoms with Crippen molar-refractivity contribution in [1.29, 1.82) is 0 Å². The van der Waals surface area contributed by atoms with Crippen LogP contribution >= 0.6 is 0 Å². The Bertz CT molecular complexity index is 1360. The van der Waals surface area contributed by atoms with E-state index in [-0.39, 0.29) is 42.1 Å². The molecule has 3 aromatic carbocycles. The van der Waals surface area contributed by atoms with Crippen molar-refractivity contribution >= 4 is 14.1 Å². The summed E-state index contributed by atoms with van der Waals surface area (Å²) in [6, 6.07) is 25.7. The van der Waals surface area contributed by atoms with Crippen LogP contribution in [0.4, 0.5) is 0 Å². The van der Waals surface area contributed by atoms with Gasteiger partial charge in [-0.1, -0.05) is 81.9 Å². The van der Waals surface area contributed by atoms with E-state index >= 15 is 0 Å². The molecule has 0 saturated heterocycles. The second-order valence-corrected chi connectivity index (χ2v) is 18.2. The van der Waals surface area contributed by atoms with Crippen LogP contribution in [0.1, 0.15) is 56.7 Å². The molecule has 0 aromatic heterocycles. The fraction of sp³-hybridized carbons (Fsp3) is 0.447. The highest BCUT2D eigenvalue weighted by molar-refractivity contribution is 6.74. The molecule has 0 spiro atoms. The molecule has 2 N–H and O–H groups in total. The Kier molecular flexibility index (Phi) is 13.8. The first-order chi connectivity index (χ1) is 22.3. The zero-order valence-corrected chi connectivity index (χ0v) is 30.0. The third-order valence-electron chi connectivity index (χ3n) is 9.33. The van der Waals surface area contributed by atoms with Gasteiger partial charge in [-0.15, -0.1) is 0 Å². The normalized spacial score (nSPS) is 13.5. The number of carbonyl (C=O) groups is 1. The minimum Gasteiger partial charge on any atom is -0.497 e. The number of methoxy groups -OCH3 is 2. The molecule has 8 nitrogen and oxygen atoms in total. The highest BCUT2D eigenvalue weighted by Gasteiger charge is 2.42. The number of hydrogen-bond donors (Lipinski definition) is 1. The molecule has 0 heterocycles. The lowest BCUT2D eigenvalue weighted by molar-refractivity contribution is -0.205. The molecule has 0 saturated carbocycles. The van der Waals surface area contributed by atoms with Crippen LogP contribution in [0, 0.1) is 11.8 Å². The summed E-state index contributed by atoms with van der Waals surface area (Å²) in [4.78, 5) is 18.1. The number of Topliss-reactive ketones (excluding diaryl/α,β-unsaturated/α-hetero) is 1. The summed E-state index contributed by atoms with van der Waals surface area (Å²) in [7, 11) is 1.05. The molecule has 255 valence electrons. The summed E-state index contributed by atoms with van der Waals surface area (Å²) in [5.74, 6) is 0.401. The first-order valence-electron chi connectivity index (χ1n) is 16.1. The largest absolute Gasteiger partial charge is 0.497 e. The van der Waals surface area contributed by atoms with Crippen LogP contribution in [-0.4, -0.2) is 53.3 Å². The average Bonchev–Trinajstić information content (AvgIpc) is 3.07. The van der Waals surface area contributed by atoms with Crippen molar-refractivity contribution in [1.82, 2.24) is 5.73 Å². The third-order valence-corrected chi connectivity index (χ3v) is 13.8. The van der Waals surface area contributed by atoms with Gasteiger partial charge in [0, 0.05) is 25.0 Å². The number of rotatable bonds is 19. The molecule has 9 heteroatoms. The van der Waals surface area contributed by atoms with Gasteiger partial charge in [0.2, 0.25) is 0 Å². The highest BCUT2D eigenvalue weighted by Crippen LogP contribution is 2.43. The second-order valence-electron chi connectivity index (χ2n) is 13.4. The fourth-order valence-electron chi connectivity index (χ4n) is 5.46. The molecule has 2 atom stereocenters. The standard InChI is InChI=1S/C38H52NO7Si/c1-28(46-41)25-36(40)35(15-12-24-39)29(27-45-47(7,8)37(2,3)4)26-44-38(30-13-10-9-11-14-30,31-16-20-33(42-5)21-17-31)32-18-22-34(43-6)23-19-32/h9-11,13-14,16-23,29,35,39,41H,1,12,15,24-27H2,2-8H3. The summed E-state index contributed by atoms with van der Waals surface area (Å²) in [6.45, 7) is 15.3. The van der Waals surface area contributed by atoms with E-state index in [9.17, 15) is 10.1 Å². The van der Waals surface area contributed by atoms with Crippen LogP contribution in [0.15, 0.2) is 91.2 Å². The van der Waals surface area contributed by atoms with Crippen LogP contribution in [-0.2, 0) is 24.4 Å². The Hall–Kier alpha value is -3.47. The van der Waals surface area contributed by atoms with Crippen LogP contribution in [0.25, 0.3) is 0 Å². The number of benzene rings is 3. The summed E-state index contributed by atoms with van der Waals surface area (Å²) in [5.41, 5.74) is 9.48. The number of ether oxygens (including phenoxy) is 3. The number of allylic oxidation sites excluding steroid dienone is 1. The van der Waals surface area contributed by atoms with Gasteiger partial charge < -0.3 is 23.5 Å². The summed E-state index contributed by atoms with van der Waals surface area (Å²) in [5, 5.41) is 9.16. The van der Waals surface area contributed by atoms with Crippen LogP contribution in [0.3, 0.4) is 0 Å². The number of ketones is 1. The second kappa shape index (κ2) is 17.1. The van der Waals surface area contributed by atoms with Gasteiger partial charge in [0.1, 0.15) is 28.6 Å². The molecule has 0 fully saturated rings. The smallest absolute Gasteiger partial charge is 0.191 e. The van der Waals surface area contributed by atoms with Gasteiger partial charge >= 0.3 is 0 Å². The predicted molar refractivity (Wildman–Crippen MR) is 188 cm³/mol. The molecule has 0 bridgehead atoms. The van der Waals surface area contributed by atoms with E-state index in [4.69, 9.17) is 24.4 Å². The molecule has 0 aliphatic heterocycles. The quantitative estimate of drug-likeness (QED) is 0.0452. The van der Waals surface area contributed by atoms with Crippen molar-refractivity contribution in [2.45, 2.75) is 63.8 Å². The van der Waals surface area contributed by atoms with Gasteiger partial charge in [0.15, 0.2) is 8.32 Å². The number of hydrogen-bond acceptors (Lipinski definition) is 7. The molecule has 3 rings (SSSR count). The van der Waals surface area contributed by atoms with E-state index in [0.29, 0.717) is 19.4 Å². The van der Waals surface area contributed by atoms with E-state index in [1.807, 2.05) is 78.9 Å². The first-order valence-corrected chi connectivity index (χ1v) is 19.0.